The van der Waals surface area contributed by atoms with Gasteiger partial charge in [0, 0.05) is 24.1 Å². The lowest BCUT2D eigenvalue weighted by Crippen LogP contribution is -2.28. The molecule has 0 aromatic carbocycles. The number of hydrogen-bond donors (Lipinski definition) is 1. The van der Waals surface area contributed by atoms with Crippen molar-refractivity contribution in [2.45, 2.75) is 38.8 Å². The van der Waals surface area contributed by atoms with E-state index in [-0.39, 0.29) is 0 Å². The molecule has 0 unspecified atom stereocenters. The van der Waals surface area contributed by atoms with E-state index in [9.17, 15) is 0 Å². The average molecular weight is 225 g/mol. The van der Waals surface area contributed by atoms with Gasteiger partial charge >= 0.3 is 0 Å². The van der Waals surface area contributed by atoms with Crippen LogP contribution in [-0.2, 0) is 4.74 Å². The molecule has 1 aliphatic heterocycles. The van der Waals surface area contributed by atoms with Gasteiger partial charge in [-0.25, -0.2) is 0 Å². The van der Waals surface area contributed by atoms with Gasteiger partial charge in [0.05, 0.1) is 6.10 Å². The molecule has 2 heterocycles. The smallest absolute Gasteiger partial charge is 0.0700 e. The Morgan fingerprint density at radius 2 is 2.53 bits per heavy atom. The Morgan fingerprint density at radius 3 is 3.13 bits per heavy atom. The van der Waals surface area contributed by atoms with Crippen molar-refractivity contribution in [2.75, 3.05) is 13.2 Å². The van der Waals surface area contributed by atoms with Crippen molar-refractivity contribution in [1.82, 2.24) is 5.32 Å². The molecule has 0 aliphatic carbocycles. The summed E-state index contributed by atoms with van der Waals surface area (Å²) in [5.74, 6) is 0. The zero-order chi connectivity index (χ0) is 10.7. The molecule has 0 amide bonds. The topological polar surface area (TPSA) is 21.3 Å². The maximum Gasteiger partial charge on any atom is 0.0700 e. The van der Waals surface area contributed by atoms with Crippen LogP contribution in [0.25, 0.3) is 0 Å². The molecular formula is C12H19NOS. The SMILES string of the molecule is Cc1ccsc1[C@@H](C)NC[C@@H]1CCCO1. The lowest BCUT2D eigenvalue weighted by Gasteiger charge is -2.16. The molecular weight excluding hydrogens is 206 g/mol. The molecule has 0 saturated carbocycles. The molecule has 1 aliphatic rings. The zero-order valence-corrected chi connectivity index (χ0v) is 10.3. The fourth-order valence-corrected chi connectivity index (χ4v) is 2.99. The highest BCUT2D eigenvalue weighted by molar-refractivity contribution is 7.10. The Labute approximate surface area is 95.6 Å². The second-order valence-electron chi connectivity index (χ2n) is 4.23. The van der Waals surface area contributed by atoms with E-state index in [0.717, 1.165) is 13.2 Å². The van der Waals surface area contributed by atoms with E-state index < -0.39 is 0 Å². The van der Waals surface area contributed by atoms with Gasteiger partial charge in [0.1, 0.15) is 0 Å². The third-order valence-electron chi connectivity index (χ3n) is 2.97. The lowest BCUT2D eigenvalue weighted by molar-refractivity contribution is 0.108. The fraction of sp³-hybridized carbons (Fsp3) is 0.667. The second kappa shape index (κ2) is 5.10. The molecule has 0 radical (unpaired) electrons. The van der Waals surface area contributed by atoms with E-state index in [0.29, 0.717) is 12.1 Å². The van der Waals surface area contributed by atoms with Crippen LogP contribution in [0.15, 0.2) is 11.4 Å². The predicted molar refractivity (Wildman–Crippen MR) is 64.4 cm³/mol. The third-order valence-corrected chi connectivity index (χ3v) is 4.17. The molecule has 15 heavy (non-hydrogen) atoms. The second-order valence-corrected chi connectivity index (χ2v) is 5.18. The molecule has 2 rings (SSSR count). The minimum Gasteiger partial charge on any atom is -0.377 e. The minimum absolute atomic E-state index is 0.438. The predicted octanol–water partition coefficient (Wildman–Crippen LogP) is 2.89. The fourth-order valence-electron chi connectivity index (χ4n) is 2.03. The van der Waals surface area contributed by atoms with E-state index in [1.54, 1.807) is 0 Å². The summed E-state index contributed by atoms with van der Waals surface area (Å²) in [5.41, 5.74) is 1.40. The number of thiophene rings is 1. The molecule has 0 spiro atoms. The summed E-state index contributed by atoms with van der Waals surface area (Å²) in [6.45, 7) is 6.33. The Balaban J connectivity index is 1.81. The first-order valence-corrected chi connectivity index (χ1v) is 6.54. The van der Waals surface area contributed by atoms with Crippen LogP contribution in [0.4, 0.5) is 0 Å². The minimum atomic E-state index is 0.438. The maximum atomic E-state index is 5.59. The molecule has 1 fully saturated rings. The Kier molecular flexibility index (Phi) is 3.78. The van der Waals surface area contributed by atoms with Gasteiger partial charge in [0.25, 0.3) is 0 Å². The van der Waals surface area contributed by atoms with Crippen LogP contribution in [0.3, 0.4) is 0 Å². The van der Waals surface area contributed by atoms with Crippen molar-refractivity contribution in [3.05, 3.63) is 21.9 Å². The number of ether oxygens (including phenoxy) is 1. The van der Waals surface area contributed by atoms with Crippen LogP contribution in [0.5, 0.6) is 0 Å². The average Bonchev–Trinajstić information content (AvgIpc) is 2.84. The van der Waals surface area contributed by atoms with E-state index >= 15 is 0 Å². The number of hydrogen-bond acceptors (Lipinski definition) is 3. The van der Waals surface area contributed by atoms with E-state index in [4.69, 9.17) is 4.74 Å². The van der Waals surface area contributed by atoms with Crippen molar-refractivity contribution in [3.8, 4) is 0 Å². The number of aryl methyl sites for hydroxylation is 1. The Morgan fingerprint density at radius 1 is 1.67 bits per heavy atom. The van der Waals surface area contributed by atoms with Gasteiger partial charge in [0.2, 0.25) is 0 Å². The molecule has 0 bridgehead atoms. The number of rotatable bonds is 4. The molecule has 2 nitrogen and oxygen atoms in total. The summed E-state index contributed by atoms with van der Waals surface area (Å²) in [7, 11) is 0. The van der Waals surface area contributed by atoms with E-state index in [2.05, 4.69) is 30.6 Å². The quantitative estimate of drug-likeness (QED) is 0.850. The van der Waals surface area contributed by atoms with Crippen molar-refractivity contribution in [1.29, 1.82) is 0 Å². The van der Waals surface area contributed by atoms with Gasteiger partial charge in [-0.3, -0.25) is 0 Å². The van der Waals surface area contributed by atoms with E-state index in [1.165, 1.54) is 23.3 Å². The summed E-state index contributed by atoms with van der Waals surface area (Å²) in [4.78, 5) is 1.45. The largest absolute Gasteiger partial charge is 0.377 e. The monoisotopic (exact) mass is 225 g/mol. The maximum absolute atomic E-state index is 5.59. The van der Waals surface area contributed by atoms with Crippen LogP contribution >= 0.6 is 11.3 Å². The summed E-state index contributed by atoms with van der Waals surface area (Å²) in [5, 5.41) is 5.71. The van der Waals surface area contributed by atoms with Gasteiger partial charge < -0.3 is 10.1 Å². The molecule has 1 aromatic heterocycles. The number of nitrogens with one attached hydrogen (secondary N) is 1. The molecule has 3 heteroatoms. The zero-order valence-electron chi connectivity index (χ0n) is 9.45. The summed E-state index contributed by atoms with van der Waals surface area (Å²) in [6, 6.07) is 2.64. The summed E-state index contributed by atoms with van der Waals surface area (Å²) in [6.07, 6.45) is 2.87. The van der Waals surface area contributed by atoms with Crippen molar-refractivity contribution in [3.63, 3.8) is 0 Å². The van der Waals surface area contributed by atoms with E-state index in [1.807, 2.05) is 11.3 Å². The van der Waals surface area contributed by atoms with Gasteiger partial charge in [0.15, 0.2) is 0 Å². The summed E-state index contributed by atoms with van der Waals surface area (Å²) >= 11 is 1.84. The molecule has 84 valence electrons. The van der Waals surface area contributed by atoms with Gasteiger partial charge in [-0.15, -0.1) is 11.3 Å². The van der Waals surface area contributed by atoms with Crippen LogP contribution in [0.2, 0.25) is 0 Å². The first kappa shape index (κ1) is 11.1. The highest BCUT2D eigenvalue weighted by Gasteiger charge is 2.17. The van der Waals surface area contributed by atoms with Gasteiger partial charge in [-0.1, -0.05) is 0 Å². The van der Waals surface area contributed by atoms with Crippen molar-refractivity contribution >= 4 is 11.3 Å². The lowest BCUT2D eigenvalue weighted by atomic mass is 10.2. The third kappa shape index (κ3) is 2.80. The van der Waals surface area contributed by atoms with Crippen molar-refractivity contribution < 1.29 is 4.74 Å². The van der Waals surface area contributed by atoms with Crippen LogP contribution in [0.1, 0.15) is 36.2 Å². The highest BCUT2D eigenvalue weighted by atomic mass is 32.1. The standard InChI is InChI=1S/C12H19NOS/c1-9-5-7-15-12(9)10(2)13-8-11-4-3-6-14-11/h5,7,10-11,13H,3-4,6,8H2,1-2H3/t10-,11+/m1/s1. The van der Waals surface area contributed by atoms with Crippen LogP contribution in [-0.4, -0.2) is 19.3 Å². The van der Waals surface area contributed by atoms with Crippen LogP contribution < -0.4 is 5.32 Å². The Hall–Kier alpha value is -0.380. The molecule has 1 N–H and O–H groups in total. The normalized spacial score (nSPS) is 23.2. The van der Waals surface area contributed by atoms with Crippen molar-refractivity contribution in [2.24, 2.45) is 0 Å². The van der Waals surface area contributed by atoms with Crippen LogP contribution in [0, 0.1) is 6.92 Å². The molecule has 1 saturated heterocycles. The molecule has 2 atom stereocenters. The first-order chi connectivity index (χ1) is 7.27. The summed E-state index contributed by atoms with van der Waals surface area (Å²) < 4.78 is 5.59. The van der Waals surface area contributed by atoms with Gasteiger partial charge in [-0.05, 0) is 43.7 Å². The Bertz CT molecular complexity index is 304. The van der Waals surface area contributed by atoms with Gasteiger partial charge in [-0.2, -0.15) is 0 Å². The first-order valence-electron chi connectivity index (χ1n) is 5.66. The molecule has 1 aromatic rings. The highest BCUT2D eigenvalue weighted by Crippen LogP contribution is 2.23.